The van der Waals surface area contributed by atoms with E-state index in [2.05, 4.69) is 16.0 Å². The predicted octanol–water partition coefficient (Wildman–Crippen LogP) is 0.594. The van der Waals surface area contributed by atoms with E-state index in [1.807, 2.05) is 17.2 Å². The first-order chi connectivity index (χ1) is 11.1. The summed E-state index contributed by atoms with van der Waals surface area (Å²) in [5, 5.41) is 0. The fraction of sp³-hybridized carbons (Fsp3) is 0.588. The van der Waals surface area contributed by atoms with Gasteiger partial charge in [0.05, 0.1) is 0 Å². The van der Waals surface area contributed by atoms with E-state index in [9.17, 15) is 9.59 Å². The van der Waals surface area contributed by atoms with Gasteiger partial charge in [-0.15, -0.1) is 0 Å². The predicted molar refractivity (Wildman–Crippen MR) is 86.5 cm³/mol. The molecule has 2 saturated heterocycles. The third-order valence-corrected chi connectivity index (χ3v) is 4.82. The van der Waals surface area contributed by atoms with Gasteiger partial charge in [0.1, 0.15) is 0 Å². The highest BCUT2D eigenvalue weighted by molar-refractivity contribution is 5.87. The smallest absolute Gasteiger partial charge is 0.226 e. The molecule has 1 aromatic heterocycles. The lowest BCUT2D eigenvalue weighted by atomic mass is 9.94. The molecular weight excluding hydrogens is 292 g/mol. The summed E-state index contributed by atoms with van der Waals surface area (Å²) in [5.41, 5.74) is 1.20. The van der Waals surface area contributed by atoms with E-state index < -0.39 is 0 Å². The zero-order chi connectivity index (χ0) is 16.2. The highest BCUT2D eigenvalue weighted by Crippen LogP contribution is 2.20. The number of aromatic nitrogens is 1. The number of carbonyl (C=O) groups excluding carboxylic acids is 2. The average Bonchev–Trinajstić information content (AvgIpc) is 2.58. The van der Waals surface area contributed by atoms with E-state index in [1.54, 1.807) is 18.1 Å². The molecule has 0 saturated carbocycles. The summed E-state index contributed by atoms with van der Waals surface area (Å²) in [6, 6.07) is 4.03. The van der Waals surface area contributed by atoms with E-state index in [0.717, 1.165) is 39.1 Å². The van der Waals surface area contributed by atoms with E-state index in [0.29, 0.717) is 13.0 Å². The summed E-state index contributed by atoms with van der Waals surface area (Å²) in [7, 11) is 1.81. The van der Waals surface area contributed by atoms with Gasteiger partial charge in [-0.3, -0.25) is 19.5 Å². The van der Waals surface area contributed by atoms with E-state index in [1.165, 1.54) is 5.56 Å². The van der Waals surface area contributed by atoms with Crippen LogP contribution in [0.25, 0.3) is 0 Å². The monoisotopic (exact) mass is 316 g/mol. The maximum atomic E-state index is 12.6. The Hall–Kier alpha value is -1.95. The standard InChI is InChI=1S/C17H24N4O2/c1-19-6-4-15(11-16(19)22)17(23)21-9-7-20(8-10-21)13-14-3-2-5-18-12-14/h2-3,5,12,15H,4,6-11,13H2,1H3. The number of nitrogens with zero attached hydrogens (tertiary/aromatic N) is 4. The van der Waals surface area contributed by atoms with Crippen LogP contribution in [-0.4, -0.2) is 71.3 Å². The molecule has 0 aliphatic carbocycles. The molecule has 0 spiro atoms. The number of rotatable bonds is 3. The molecule has 23 heavy (non-hydrogen) atoms. The molecule has 6 nitrogen and oxygen atoms in total. The number of piperidine rings is 1. The molecule has 0 radical (unpaired) electrons. The van der Waals surface area contributed by atoms with Crippen molar-refractivity contribution in [2.45, 2.75) is 19.4 Å². The van der Waals surface area contributed by atoms with Crippen LogP contribution in [0.5, 0.6) is 0 Å². The Labute approximate surface area is 137 Å². The van der Waals surface area contributed by atoms with Crippen molar-refractivity contribution in [2.24, 2.45) is 5.92 Å². The highest BCUT2D eigenvalue weighted by atomic mass is 16.2. The number of hydrogen-bond donors (Lipinski definition) is 0. The minimum absolute atomic E-state index is 0.0878. The third kappa shape index (κ3) is 3.88. The minimum Gasteiger partial charge on any atom is -0.346 e. The normalized spacial score (nSPS) is 23.2. The average molecular weight is 316 g/mol. The number of piperazine rings is 1. The number of likely N-dealkylation sites (tertiary alicyclic amines) is 1. The second-order valence-corrected chi connectivity index (χ2v) is 6.47. The molecule has 0 bridgehead atoms. The Morgan fingerprint density at radius 2 is 2.04 bits per heavy atom. The zero-order valence-electron chi connectivity index (χ0n) is 13.6. The molecule has 1 atom stereocenters. The van der Waals surface area contributed by atoms with Crippen LogP contribution in [0, 0.1) is 5.92 Å². The molecule has 3 rings (SSSR count). The van der Waals surface area contributed by atoms with Crippen molar-refractivity contribution < 1.29 is 9.59 Å². The van der Waals surface area contributed by atoms with E-state index in [4.69, 9.17) is 0 Å². The minimum atomic E-state index is -0.122. The number of pyridine rings is 1. The van der Waals surface area contributed by atoms with Crippen LogP contribution in [0.15, 0.2) is 24.5 Å². The Bertz CT molecular complexity index is 555. The summed E-state index contributed by atoms with van der Waals surface area (Å²) in [4.78, 5) is 34.5. The molecule has 1 aromatic rings. The van der Waals surface area contributed by atoms with E-state index >= 15 is 0 Å². The van der Waals surface area contributed by atoms with Gasteiger partial charge in [-0.1, -0.05) is 6.07 Å². The first-order valence-corrected chi connectivity index (χ1v) is 8.27. The quantitative estimate of drug-likeness (QED) is 0.819. The molecule has 6 heteroatoms. The topological polar surface area (TPSA) is 56.8 Å². The molecule has 2 amide bonds. The summed E-state index contributed by atoms with van der Waals surface area (Å²) >= 11 is 0. The van der Waals surface area contributed by atoms with E-state index in [-0.39, 0.29) is 17.7 Å². The summed E-state index contributed by atoms with van der Waals surface area (Å²) in [5.74, 6) is 0.126. The highest BCUT2D eigenvalue weighted by Gasteiger charge is 2.32. The van der Waals surface area contributed by atoms with Crippen LogP contribution in [0.3, 0.4) is 0 Å². The molecular formula is C17H24N4O2. The Balaban J connectivity index is 1.49. The van der Waals surface area contributed by atoms with Crippen molar-refractivity contribution >= 4 is 11.8 Å². The van der Waals surface area contributed by atoms with Crippen LogP contribution < -0.4 is 0 Å². The first kappa shape index (κ1) is 15.9. The Morgan fingerprint density at radius 3 is 2.70 bits per heavy atom. The maximum Gasteiger partial charge on any atom is 0.226 e. The summed E-state index contributed by atoms with van der Waals surface area (Å²) in [6.07, 6.45) is 4.83. The fourth-order valence-electron chi connectivity index (χ4n) is 3.29. The summed E-state index contributed by atoms with van der Waals surface area (Å²) in [6.45, 7) is 4.82. The van der Waals surface area contributed by atoms with Crippen molar-refractivity contribution in [2.75, 3.05) is 39.8 Å². The van der Waals surface area contributed by atoms with Gasteiger partial charge in [0.25, 0.3) is 0 Å². The molecule has 0 aromatic carbocycles. The number of hydrogen-bond acceptors (Lipinski definition) is 4. The Kier molecular flexibility index (Phi) is 4.91. The second-order valence-electron chi connectivity index (χ2n) is 6.47. The van der Waals surface area contributed by atoms with Crippen molar-refractivity contribution in [1.29, 1.82) is 0 Å². The number of amides is 2. The first-order valence-electron chi connectivity index (χ1n) is 8.27. The maximum absolute atomic E-state index is 12.6. The van der Waals surface area contributed by atoms with Crippen molar-refractivity contribution in [3.8, 4) is 0 Å². The van der Waals surface area contributed by atoms with Crippen LogP contribution in [-0.2, 0) is 16.1 Å². The summed E-state index contributed by atoms with van der Waals surface area (Å²) < 4.78 is 0. The lowest BCUT2D eigenvalue weighted by Crippen LogP contribution is -2.51. The molecule has 3 heterocycles. The molecule has 2 fully saturated rings. The van der Waals surface area contributed by atoms with Crippen molar-refractivity contribution in [3.63, 3.8) is 0 Å². The van der Waals surface area contributed by atoms with Gasteiger partial charge in [-0.2, -0.15) is 0 Å². The molecule has 0 N–H and O–H groups in total. The van der Waals surface area contributed by atoms with Gasteiger partial charge in [0.15, 0.2) is 0 Å². The van der Waals surface area contributed by atoms with Crippen LogP contribution in [0.2, 0.25) is 0 Å². The van der Waals surface area contributed by atoms with Gasteiger partial charge >= 0.3 is 0 Å². The zero-order valence-corrected chi connectivity index (χ0v) is 13.6. The second kappa shape index (κ2) is 7.08. The van der Waals surface area contributed by atoms with Crippen LogP contribution >= 0.6 is 0 Å². The van der Waals surface area contributed by atoms with Crippen molar-refractivity contribution in [3.05, 3.63) is 30.1 Å². The van der Waals surface area contributed by atoms with Crippen LogP contribution in [0.1, 0.15) is 18.4 Å². The Morgan fingerprint density at radius 1 is 1.26 bits per heavy atom. The van der Waals surface area contributed by atoms with Gasteiger partial charge < -0.3 is 9.80 Å². The fourth-order valence-corrected chi connectivity index (χ4v) is 3.29. The van der Waals surface area contributed by atoms with Gasteiger partial charge in [-0.25, -0.2) is 0 Å². The third-order valence-electron chi connectivity index (χ3n) is 4.82. The largest absolute Gasteiger partial charge is 0.346 e. The van der Waals surface area contributed by atoms with Gasteiger partial charge in [0.2, 0.25) is 11.8 Å². The van der Waals surface area contributed by atoms with Crippen molar-refractivity contribution in [1.82, 2.24) is 19.7 Å². The molecule has 124 valence electrons. The SMILES string of the molecule is CN1CCC(C(=O)N2CCN(Cc3cccnc3)CC2)CC1=O. The lowest BCUT2D eigenvalue weighted by Gasteiger charge is -2.37. The molecule has 2 aliphatic rings. The lowest BCUT2D eigenvalue weighted by molar-refractivity contribution is -0.145. The molecule has 2 aliphatic heterocycles. The molecule has 1 unspecified atom stereocenters. The van der Waals surface area contributed by atoms with Crippen LogP contribution in [0.4, 0.5) is 0 Å². The van der Waals surface area contributed by atoms with Gasteiger partial charge in [0, 0.05) is 71.0 Å². The van der Waals surface area contributed by atoms with Gasteiger partial charge in [-0.05, 0) is 18.1 Å². The number of carbonyl (C=O) groups is 2.